The number of carbonyl (C=O) groups excluding carboxylic acids is 1. The Balaban J connectivity index is 1.81. The summed E-state index contributed by atoms with van der Waals surface area (Å²) in [6.07, 6.45) is 3.02. The largest absolute Gasteiger partial charge is 0.508 e. The lowest BCUT2D eigenvalue weighted by atomic mass is 10.1. The van der Waals surface area contributed by atoms with E-state index in [0.717, 1.165) is 30.5 Å². The van der Waals surface area contributed by atoms with Crippen LogP contribution in [0.25, 0.3) is 0 Å². The average molecular weight is 218 g/mol. The number of phenolic OH excluding ortho intramolecular Hbond substituents is 1. The van der Waals surface area contributed by atoms with Crippen molar-refractivity contribution in [3.63, 3.8) is 0 Å². The minimum Gasteiger partial charge on any atom is -0.508 e. The van der Waals surface area contributed by atoms with Crippen LogP contribution in [-0.2, 0) is 6.42 Å². The van der Waals surface area contributed by atoms with Crippen LogP contribution in [0.3, 0.4) is 0 Å². The van der Waals surface area contributed by atoms with Crippen LogP contribution in [-0.4, -0.2) is 23.7 Å². The molecule has 0 aromatic heterocycles. The van der Waals surface area contributed by atoms with Crippen LogP contribution in [0.15, 0.2) is 18.2 Å². The molecule has 0 spiro atoms. The minimum absolute atomic E-state index is 0.00746. The first-order valence-corrected chi connectivity index (χ1v) is 5.64. The van der Waals surface area contributed by atoms with Crippen molar-refractivity contribution in [1.29, 1.82) is 0 Å². The van der Waals surface area contributed by atoms with Gasteiger partial charge >= 0.3 is 6.03 Å². The van der Waals surface area contributed by atoms with Gasteiger partial charge in [-0.05, 0) is 43.0 Å². The molecule has 1 aromatic rings. The van der Waals surface area contributed by atoms with Gasteiger partial charge in [-0.3, -0.25) is 4.90 Å². The highest BCUT2D eigenvalue weighted by Gasteiger charge is 2.29. The van der Waals surface area contributed by atoms with Crippen molar-refractivity contribution in [3.05, 3.63) is 23.8 Å². The molecular formula is C12H14N2O2. The number of nitrogens with zero attached hydrogens (tertiary/aromatic N) is 1. The molecular weight excluding hydrogens is 204 g/mol. The number of phenols is 1. The van der Waals surface area contributed by atoms with E-state index in [1.807, 2.05) is 6.07 Å². The number of rotatable bonds is 1. The van der Waals surface area contributed by atoms with Crippen LogP contribution >= 0.6 is 0 Å². The summed E-state index contributed by atoms with van der Waals surface area (Å²) >= 11 is 0. The zero-order valence-corrected chi connectivity index (χ0v) is 8.94. The predicted octanol–water partition coefficient (Wildman–Crippen LogP) is 1.63. The van der Waals surface area contributed by atoms with Gasteiger partial charge in [-0.15, -0.1) is 0 Å². The zero-order valence-electron chi connectivity index (χ0n) is 8.94. The second-order valence-corrected chi connectivity index (χ2v) is 4.44. The van der Waals surface area contributed by atoms with E-state index in [4.69, 9.17) is 0 Å². The van der Waals surface area contributed by atoms with Gasteiger partial charge in [0.1, 0.15) is 5.75 Å². The van der Waals surface area contributed by atoms with Crippen molar-refractivity contribution in [2.45, 2.75) is 25.3 Å². The number of hydrogen-bond donors (Lipinski definition) is 2. The Bertz CT molecular complexity index is 441. The van der Waals surface area contributed by atoms with Crippen molar-refractivity contribution in [1.82, 2.24) is 5.32 Å². The number of carbonyl (C=O) groups is 1. The molecule has 1 aliphatic heterocycles. The van der Waals surface area contributed by atoms with Crippen LogP contribution in [0, 0.1) is 0 Å². The summed E-state index contributed by atoms with van der Waals surface area (Å²) in [6, 6.07) is 5.55. The second kappa shape index (κ2) is 3.40. The monoisotopic (exact) mass is 218 g/mol. The van der Waals surface area contributed by atoms with Crippen LogP contribution < -0.4 is 10.2 Å². The first-order chi connectivity index (χ1) is 7.74. The van der Waals surface area contributed by atoms with E-state index in [0.29, 0.717) is 12.6 Å². The van der Waals surface area contributed by atoms with Gasteiger partial charge in [-0.2, -0.15) is 0 Å². The molecule has 3 rings (SSSR count). The highest BCUT2D eigenvalue weighted by molar-refractivity contribution is 5.94. The molecule has 1 fully saturated rings. The number of amides is 2. The highest BCUT2D eigenvalue weighted by atomic mass is 16.3. The lowest BCUT2D eigenvalue weighted by Gasteiger charge is -2.17. The van der Waals surface area contributed by atoms with E-state index in [-0.39, 0.29) is 11.8 Å². The Morgan fingerprint density at radius 3 is 3.00 bits per heavy atom. The molecule has 1 heterocycles. The standard InChI is InChI=1S/C12H14N2O2/c15-10-3-4-11-8(7-10)5-6-14(11)12(16)13-9-1-2-9/h3-4,7,9,15H,1-2,5-6H2,(H,13,16). The number of fused-ring (bicyclic) bond motifs is 1. The fourth-order valence-corrected chi connectivity index (χ4v) is 2.08. The van der Waals surface area contributed by atoms with E-state index in [2.05, 4.69) is 5.32 Å². The Kier molecular flexibility index (Phi) is 2.02. The lowest BCUT2D eigenvalue weighted by Crippen LogP contribution is -2.39. The van der Waals surface area contributed by atoms with Crippen molar-refractivity contribution in [3.8, 4) is 5.75 Å². The van der Waals surface area contributed by atoms with E-state index < -0.39 is 0 Å². The number of benzene rings is 1. The summed E-state index contributed by atoms with van der Waals surface area (Å²) in [4.78, 5) is 13.7. The van der Waals surface area contributed by atoms with Crippen molar-refractivity contribution >= 4 is 11.7 Å². The molecule has 0 unspecified atom stereocenters. The molecule has 2 N–H and O–H groups in total. The summed E-state index contributed by atoms with van der Waals surface area (Å²) < 4.78 is 0. The van der Waals surface area contributed by atoms with Crippen LogP contribution in [0.1, 0.15) is 18.4 Å². The SMILES string of the molecule is O=C(NC1CC1)N1CCc2cc(O)ccc21. The topological polar surface area (TPSA) is 52.6 Å². The van der Waals surface area contributed by atoms with Crippen molar-refractivity contribution < 1.29 is 9.90 Å². The summed E-state index contributed by atoms with van der Waals surface area (Å²) in [5.74, 6) is 0.267. The molecule has 2 amide bonds. The summed E-state index contributed by atoms with van der Waals surface area (Å²) in [6.45, 7) is 0.706. The first kappa shape index (κ1) is 9.51. The third-order valence-corrected chi connectivity index (χ3v) is 3.11. The molecule has 4 nitrogen and oxygen atoms in total. The summed E-state index contributed by atoms with van der Waals surface area (Å²) in [7, 11) is 0. The molecule has 0 bridgehead atoms. The van der Waals surface area contributed by atoms with Crippen molar-refractivity contribution in [2.75, 3.05) is 11.4 Å². The van der Waals surface area contributed by atoms with Crippen LogP contribution in [0.4, 0.5) is 10.5 Å². The Hall–Kier alpha value is -1.71. The normalized spacial score (nSPS) is 18.4. The van der Waals surface area contributed by atoms with Gasteiger partial charge in [-0.25, -0.2) is 4.79 Å². The molecule has 1 aromatic carbocycles. The second-order valence-electron chi connectivity index (χ2n) is 4.44. The van der Waals surface area contributed by atoms with Gasteiger partial charge in [0, 0.05) is 18.3 Å². The lowest BCUT2D eigenvalue weighted by molar-refractivity contribution is 0.246. The van der Waals surface area contributed by atoms with Gasteiger partial charge in [0.25, 0.3) is 0 Å². The van der Waals surface area contributed by atoms with Crippen LogP contribution in [0.2, 0.25) is 0 Å². The smallest absolute Gasteiger partial charge is 0.322 e. The maximum atomic E-state index is 11.9. The predicted molar refractivity (Wildman–Crippen MR) is 60.7 cm³/mol. The van der Waals surface area contributed by atoms with Crippen LogP contribution in [0.5, 0.6) is 5.75 Å². The molecule has 84 valence electrons. The maximum Gasteiger partial charge on any atom is 0.322 e. The average Bonchev–Trinajstić information content (AvgIpc) is 2.96. The molecule has 1 saturated carbocycles. The molecule has 2 aliphatic rings. The zero-order chi connectivity index (χ0) is 11.1. The van der Waals surface area contributed by atoms with Gasteiger partial charge in [-0.1, -0.05) is 0 Å². The Labute approximate surface area is 93.9 Å². The van der Waals surface area contributed by atoms with Crippen molar-refractivity contribution in [2.24, 2.45) is 0 Å². The number of anilines is 1. The Morgan fingerprint density at radius 2 is 2.25 bits per heavy atom. The number of nitrogens with one attached hydrogen (secondary N) is 1. The van der Waals surface area contributed by atoms with Gasteiger partial charge in [0.05, 0.1) is 0 Å². The molecule has 0 atom stereocenters. The fraction of sp³-hybridized carbons (Fsp3) is 0.417. The third kappa shape index (κ3) is 1.60. The number of hydrogen-bond acceptors (Lipinski definition) is 2. The van der Waals surface area contributed by atoms with E-state index in [1.165, 1.54) is 0 Å². The molecule has 16 heavy (non-hydrogen) atoms. The number of urea groups is 1. The van der Waals surface area contributed by atoms with E-state index in [1.54, 1.807) is 17.0 Å². The Morgan fingerprint density at radius 1 is 1.44 bits per heavy atom. The fourth-order valence-electron chi connectivity index (χ4n) is 2.08. The molecule has 0 saturated heterocycles. The first-order valence-electron chi connectivity index (χ1n) is 5.64. The minimum atomic E-state index is -0.00746. The molecule has 4 heteroatoms. The third-order valence-electron chi connectivity index (χ3n) is 3.11. The molecule has 1 aliphatic carbocycles. The van der Waals surface area contributed by atoms with Gasteiger partial charge < -0.3 is 10.4 Å². The molecule has 0 radical (unpaired) electrons. The number of aromatic hydroxyl groups is 1. The quantitative estimate of drug-likeness (QED) is 0.752. The summed E-state index contributed by atoms with van der Waals surface area (Å²) in [5.41, 5.74) is 1.97. The van der Waals surface area contributed by atoms with E-state index in [9.17, 15) is 9.90 Å². The van der Waals surface area contributed by atoms with Gasteiger partial charge in [0.15, 0.2) is 0 Å². The maximum absolute atomic E-state index is 11.9. The highest BCUT2D eigenvalue weighted by Crippen LogP contribution is 2.31. The van der Waals surface area contributed by atoms with E-state index >= 15 is 0 Å². The summed E-state index contributed by atoms with van der Waals surface area (Å²) in [5, 5.41) is 12.3. The van der Waals surface area contributed by atoms with Gasteiger partial charge in [0.2, 0.25) is 0 Å².